The summed E-state index contributed by atoms with van der Waals surface area (Å²) in [4.78, 5) is 19.2. The van der Waals surface area contributed by atoms with Gasteiger partial charge in [0.05, 0.1) is 11.7 Å². The molecular weight excluding hydrogens is 379 g/mol. The molecule has 1 aromatic heterocycles. The van der Waals surface area contributed by atoms with Crippen LogP contribution in [0, 0.1) is 12.7 Å². The summed E-state index contributed by atoms with van der Waals surface area (Å²) >= 11 is 0. The highest BCUT2D eigenvalue weighted by Crippen LogP contribution is 2.31. The van der Waals surface area contributed by atoms with Crippen LogP contribution in [-0.4, -0.2) is 28.9 Å². The molecule has 0 saturated carbocycles. The average Bonchev–Trinajstić information content (AvgIpc) is 3.25. The fourth-order valence-corrected chi connectivity index (χ4v) is 3.81. The molecule has 1 aliphatic rings. The maximum absolute atomic E-state index is 13.0. The van der Waals surface area contributed by atoms with E-state index >= 15 is 0 Å². The number of rotatable bonds is 6. The molecule has 1 fully saturated rings. The normalized spacial score (nSPS) is 15.9. The third kappa shape index (κ3) is 4.85. The van der Waals surface area contributed by atoms with Gasteiger partial charge in [0.2, 0.25) is 0 Å². The lowest BCUT2D eigenvalue weighted by atomic mass is 10.0. The zero-order chi connectivity index (χ0) is 20.9. The summed E-state index contributed by atoms with van der Waals surface area (Å²) in [5.74, 6) is 0.0802. The van der Waals surface area contributed by atoms with Gasteiger partial charge in [0.1, 0.15) is 11.6 Å². The molecule has 2 heterocycles. The van der Waals surface area contributed by atoms with Crippen LogP contribution >= 0.6 is 0 Å². The Labute approximate surface area is 176 Å². The molecule has 154 valence electrons. The molecule has 2 aromatic carbocycles. The predicted octanol–water partition coefficient (Wildman–Crippen LogP) is 4.86. The van der Waals surface area contributed by atoms with Gasteiger partial charge < -0.3 is 9.64 Å². The molecule has 30 heavy (non-hydrogen) atoms. The third-order valence-electron chi connectivity index (χ3n) is 5.47. The van der Waals surface area contributed by atoms with Gasteiger partial charge in [0.15, 0.2) is 6.61 Å². The Morgan fingerprint density at radius 2 is 1.80 bits per heavy atom. The first-order valence-electron chi connectivity index (χ1n) is 10.3. The Kier molecular flexibility index (Phi) is 6.07. The van der Waals surface area contributed by atoms with Crippen LogP contribution in [0.5, 0.6) is 5.75 Å². The topological polar surface area (TPSA) is 42.4 Å². The number of pyridine rings is 1. The maximum Gasteiger partial charge on any atom is 0.261 e. The second-order valence-corrected chi connectivity index (χ2v) is 7.74. The molecule has 1 amide bonds. The third-order valence-corrected chi connectivity index (χ3v) is 5.47. The monoisotopic (exact) mass is 404 g/mol. The summed E-state index contributed by atoms with van der Waals surface area (Å²) in [6, 6.07) is 18.3. The molecule has 1 saturated heterocycles. The number of ether oxygens (including phenoxy) is 1. The minimum absolute atomic E-state index is 0.0252. The molecule has 1 aliphatic heterocycles. The van der Waals surface area contributed by atoms with E-state index in [-0.39, 0.29) is 24.4 Å². The van der Waals surface area contributed by atoms with Crippen LogP contribution in [0.4, 0.5) is 4.39 Å². The minimum Gasteiger partial charge on any atom is -0.484 e. The maximum atomic E-state index is 13.0. The summed E-state index contributed by atoms with van der Waals surface area (Å²) in [5, 5.41) is 0. The first kappa shape index (κ1) is 20.1. The van der Waals surface area contributed by atoms with E-state index in [0.29, 0.717) is 12.3 Å². The molecule has 1 unspecified atom stereocenters. The zero-order valence-electron chi connectivity index (χ0n) is 17.1. The van der Waals surface area contributed by atoms with E-state index in [1.54, 1.807) is 0 Å². The van der Waals surface area contributed by atoms with E-state index in [4.69, 9.17) is 4.74 Å². The first-order chi connectivity index (χ1) is 14.6. The van der Waals surface area contributed by atoms with Crippen LogP contribution in [-0.2, 0) is 11.2 Å². The standard InChI is InChI=1S/C25H25FN2O2/c1-18-4-6-19(7-5-18)15-20-8-13-23(27-16-20)24-3-2-14-28(24)25(29)17-30-22-11-9-21(26)10-12-22/h4-13,16,24H,2-3,14-15,17H2,1H3. The number of amides is 1. The van der Waals surface area contributed by atoms with Crippen molar-refractivity contribution in [3.63, 3.8) is 0 Å². The molecule has 0 spiro atoms. The van der Waals surface area contributed by atoms with E-state index in [9.17, 15) is 9.18 Å². The van der Waals surface area contributed by atoms with E-state index in [1.165, 1.54) is 35.4 Å². The molecule has 0 aliphatic carbocycles. The Morgan fingerprint density at radius 1 is 1.07 bits per heavy atom. The van der Waals surface area contributed by atoms with Crippen molar-refractivity contribution in [3.8, 4) is 5.75 Å². The van der Waals surface area contributed by atoms with Gasteiger partial charge in [-0.05, 0) is 67.6 Å². The molecule has 3 aromatic rings. The number of aromatic nitrogens is 1. The summed E-state index contributed by atoms with van der Waals surface area (Å²) in [7, 11) is 0. The Balaban J connectivity index is 1.38. The SMILES string of the molecule is Cc1ccc(Cc2ccc(C3CCCN3C(=O)COc3ccc(F)cc3)nc2)cc1. The molecule has 5 heteroatoms. The van der Waals surface area contributed by atoms with Crippen molar-refractivity contribution in [1.29, 1.82) is 0 Å². The largest absolute Gasteiger partial charge is 0.484 e. The van der Waals surface area contributed by atoms with Gasteiger partial charge in [0.25, 0.3) is 5.91 Å². The van der Waals surface area contributed by atoms with E-state index in [2.05, 4.69) is 42.2 Å². The smallest absolute Gasteiger partial charge is 0.261 e. The molecule has 0 radical (unpaired) electrons. The number of hydrogen-bond acceptors (Lipinski definition) is 3. The number of carbonyl (C=O) groups excluding carboxylic acids is 1. The van der Waals surface area contributed by atoms with Crippen LogP contribution in [0.2, 0.25) is 0 Å². The molecular formula is C25H25FN2O2. The van der Waals surface area contributed by atoms with Crippen LogP contribution in [0.25, 0.3) is 0 Å². The van der Waals surface area contributed by atoms with Crippen molar-refractivity contribution in [3.05, 3.63) is 95.1 Å². The van der Waals surface area contributed by atoms with Gasteiger partial charge in [-0.3, -0.25) is 9.78 Å². The quantitative estimate of drug-likeness (QED) is 0.589. The van der Waals surface area contributed by atoms with E-state index in [0.717, 1.165) is 30.5 Å². The average molecular weight is 404 g/mol. The van der Waals surface area contributed by atoms with Gasteiger partial charge in [0, 0.05) is 12.7 Å². The fraction of sp³-hybridized carbons (Fsp3) is 0.280. The number of carbonyl (C=O) groups is 1. The van der Waals surface area contributed by atoms with E-state index < -0.39 is 0 Å². The van der Waals surface area contributed by atoms with Gasteiger partial charge in [-0.2, -0.15) is 0 Å². The second-order valence-electron chi connectivity index (χ2n) is 7.74. The number of aryl methyl sites for hydroxylation is 1. The minimum atomic E-state index is -0.329. The Morgan fingerprint density at radius 3 is 2.50 bits per heavy atom. The number of nitrogens with zero attached hydrogens (tertiary/aromatic N) is 2. The van der Waals surface area contributed by atoms with Crippen molar-refractivity contribution in [2.24, 2.45) is 0 Å². The second kappa shape index (κ2) is 9.08. The Hall–Kier alpha value is -3.21. The van der Waals surface area contributed by atoms with Crippen molar-refractivity contribution in [2.75, 3.05) is 13.2 Å². The zero-order valence-corrected chi connectivity index (χ0v) is 17.1. The molecule has 4 nitrogen and oxygen atoms in total. The van der Waals surface area contributed by atoms with Gasteiger partial charge in [-0.15, -0.1) is 0 Å². The molecule has 0 N–H and O–H groups in total. The lowest BCUT2D eigenvalue weighted by Crippen LogP contribution is -2.34. The summed E-state index contributed by atoms with van der Waals surface area (Å²) in [6.07, 6.45) is 4.59. The number of halogens is 1. The summed E-state index contributed by atoms with van der Waals surface area (Å²) < 4.78 is 18.5. The Bertz CT molecular complexity index is 985. The number of hydrogen-bond donors (Lipinski definition) is 0. The van der Waals surface area contributed by atoms with Gasteiger partial charge >= 0.3 is 0 Å². The van der Waals surface area contributed by atoms with Crippen LogP contribution in [0.1, 0.15) is 41.3 Å². The van der Waals surface area contributed by atoms with Crippen molar-refractivity contribution in [2.45, 2.75) is 32.2 Å². The summed E-state index contributed by atoms with van der Waals surface area (Å²) in [5.41, 5.74) is 4.57. The highest BCUT2D eigenvalue weighted by atomic mass is 19.1. The van der Waals surface area contributed by atoms with Crippen molar-refractivity contribution in [1.82, 2.24) is 9.88 Å². The van der Waals surface area contributed by atoms with Crippen LogP contribution < -0.4 is 4.74 Å². The highest BCUT2D eigenvalue weighted by Gasteiger charge is 2.31. The number of benzene rings is 2. The van der Waals surface area contributed by atoms with Crippen molar-refractivity contribution >= 4 is 5.91 Å². The van der Waals surface area contributed by atoms with Crippen LogP contribution in [0.3, 0.4) is 0 Å². The molecule has 1 atom stereocenters. The van der Waals surface area contributed by atoms with E-state index in [1.807, 2.05) is 17.2 Å². The fourth-order valence-electron chi connectivity index (χ4n) is 3.81. The van der Waals surface area contributed by atoms with Gasteiger partial charge in [-0.1, -0.05) is 35.9 Å². The molecule has 4 rings (SSSR count). The van der Waals surface area contributed by atoms with Crippen molar-refractivity contribution < 1.29 is 13.9 Å². The predicted molar refractivity (Wildman–Crippen MR) is 114 cm³/mol. The lowest BCUT2D eigenvalue weighted by Gasteiger charge is -2.24. The number of likely N-dealkylation sites (tertiary alicyclic amines) is 1. The first-order valence-corrected chi connectivity index (χ1v) is 10.3. The van der Waals surface area contributed by atoms with Gasteiger partial charge in [-0.25, -0.2) is 4.39 Å². The van der Waals surface area contributed by atoms with Crippen LogP contribution in [0.15, 0.2) is 66.9 Å². The highest BCUT2D eigenvalue weighted by molar-refractivity contribution is 5.78. The lowest BCUT2D eigenvalue weighted by molar-refractivity contribution is -0.134. The summed E-state index contributed by atoms with van der Waals surface area (Å²) in [6.45, 7) is 2.72. The molecule has 0 bridgehead atoms.